The first-order valence-electron chi connectivity index (χ1n) is 15.1. The summed E-state index contributed by atoms with van der Waals surface area (Å²) in [7, 11) is 0. The van der Waals surface area contributed by atoms with E-state index >= 15 is 0 Å². The van der Waals surface area contributed by atoms with Gasteiger partial charge in [0, 0.05) is 21.9 Å². The van der Waals surface area contributed by atoms with E-state index in [0.29, 0.717) is 17.5 Å². The van der Waals surface area contributed by atoms with Crippen molar-refractivity contribution < 1.29 is 4.42 Å². The first-order valence-corrected chi connectivity index (χ1v) is 15.9. The molecule has 0 amide bonds. The van der Waals surface area contributed by atoms with Gasteiger partial charge in [-0.25, -0.2) is 19.9 Å². The molecule has 9 rings (SSSR count). The lowest BCUT2D eigenvalue weighted by molar-refractivity contribution is 0.670. The maximum absolute atomic E-state index is 6.87. The molecule has 0 spiro atoms. The van der Waals surface area contributed by atoms with Crippen molar-refractivity contribution in [2.24, 2.45) is 0 Å². The van der Waals surface area contributed by atoms with Crippen molar-refractivity contribution in [2.75, 3.05) is 0 Å². The van der Waals surface area contributed by atoms with E-state index in [9.17, 15) is 0 Å². The number of thiazole rings is 1. The lowest BCUT2D eigenvalue weighted by atomic mass is 9.99. The van der Waals surface area contributed by atoms with Crippen molar-refractivity contribution in [3.8, 4) is 55.9 Å². The van der Waals surface area contributed by atoms with Gasteiger partial charge < -0.3 is 4.42 Å². The van der Waals surface area contributed by atoms with E-state index in [2.05, 4.69) is 60.7 Å². The Kier molecular flexibility index (Phi) is 6.25. The van der Waals surface area contributed by atoms with Crippen molar-refractivity contribution >= 4 is 43.5 Å². The van der Waals surface area contributed by atoms with Crippen molar-refractivity contribution in [1.82, 2.24) is 19.9 Å². The first kappa shape index (κ1) is 26.4. The van der Waals surface area contributed by atoms with Crippen LogP contribution >= 0.6 is 11.3 Å². The molecule has 0 saturated heterocycles. The third-order valence-electron chi connectivity index (χ3n) is 8.17. The van der Waals surface area contributed by atoms with Crippen LogP contribution < -0.4 is 0 Å². The monoisotopic (exact) mass is 608 g/mol. The number of benzene rings is 6. The van der Waals surface area contributed by atoms with E-state index in [1.54, 1.807) is 11.3 Å². The number of para-hydroxylation sites is 2. The Bertz CT molecular complexity index is 2430. The fraction of sp³-hybridized carbons (Fsp3) is 0. The van der Waals surface area contributed by atoms with Crippen LogP contribution in [0.1, 0.15) is 0 Å². The summed E-state index contributed by atoms with van der Waals surface area (Å²) in [5.74, 6) is 1.78. The fourth-order valence-electron chi connectivity index (χ4n) is 5.95. The molecule has 5 nitrogen and oxygen atoms in total. The Morgan fingerprint density at radius 1 is 0.413 bits per heavy atom. The van der Waals surface area contributed by atoms with Gasteiger partial charge in [-0.3, -0.25) is 0 Å². The van der Waals surface area contributed by atoms with Crippen LogP contribution in [0.5, 0.6) is 0 Å². The molecule has 0 radical (unpaired) electrons. The number of rotatable bonds is 5. The molecule has 9 aromatic rings. The van der Waals surface area contributed by atoms with Crippen molar-refractivity contribution in [2.45, 2.75) is 0 Å². The normalized spacial score (nSPS) is 11.5. The summed E-state index contributed by atoms with van der Waals surface area (Å²) in [6.45, 7) is 0. The Morgan fingerprint density at radius 3 is 1.67 bits per heavy atom. The largest absolute Gasteiger partial charge is 0.455 e. The summed E-state index contributed by atoms with van der Waals surface area (Å²) in [6, 6.07) is 49.3. The van der Waals surface area contributed by atoms with E-state index in [1.165, 1.54) is 0 Å². The molecule has 6 aromatic carbocycles. The quantitative estimate of drug-likeness (QED) is 0.194. The summed E-state index contributed by atoms with van der Waals surface area (Å²) >= 11 is 1.67. The highest BCUT2D eigenvalue weighted by molar-refractivity contribution is 7.21. The highest BCUT2D eigenvalue weighted by Crippen LogP contribution is 2.43. The molecule has 46 heavy (non-hydrogen) atoms. The average molecular weight is 609 g/mol. The predicted octanol–water partition coefficient (Wildman–Crippen LogP) is 10.7. The van der Waals surface area contributed by atoms with Gasteiger partial charge in [-0.15, -0.1) is 11.3 Å². The van der Waals surface area contributed by atoms with E-state index in [0.717, 1.165) is 70.5 Å². The van der Waals surface area contributed by atoms with Crippen LogP contribution in [-0.2, 0) is 0 Å². The maximum atomic E-state index is 6.87. The standard InChI is InChI=1S/C40H24N4OS/c1-4-13-25(14-5-1)28-23-31-29-19-12-20-30(35(29)45-36(31)32(24-28)40-41-33-21-10-11-22-34(33)46-40)39-43-37(26-15-6-2-7-16-26)42-38(44-39)27-17-8-3-9-18-27/h1-24H. The Hall–Kier alpha value is -5.98. The lowest BCUT2D eigenvalue weighted by Gasteiger charge is -2.08. The smallest absolute Gasteiger partial charge is 0.167 e. The zero-order chi connectivity index (χ0) is 30.5. The van der Waals surface area contributed by atoms with Crippen LogP contribution in [0.25, 0.3) is 88.0 Å². The Morgan fingerprint density at radius 2 is 1.00 bits per heavy atom. The lowest BCUT2D eigenvalue weighted by Crippen LogP contribution is -2.00. The summed E-state index contributed by atoms with van der Waals surface area (Å²) in [5.41, 5.74) is 8.35. The van der Waals surface area contributed by atoms with Gasteiger partial charge >= 0.3 is 0 Å². The van der Waals surface area contributed by atoms with Crippen LogP contribution in [0, 0.1) is 0 Å². The number of furan rings is 1. The molecule has 0 fully saturated rings. The maximum Gasteiger partial charge on any atom is 0.167 e. The highest BCUT2D eigenvalue weighted by Gasteiger charge is 2.21. The molecule has 6 heteroatoms. The summed E-state index contributed by atoms with van der Waals surface area (Å²) in [5, 5.41) is 2.94. The minimum Gasteiger partial charge on any atom is -0.455 e. The molecule has 0 bridgehead atoms. The predicted molar refractivity (Wildman–Crippen MR) is 187 cm³/mol. The second kappa shape index (κ2) is 10.9. The van der Waals surface area contributed by atoms with E-state index < -0.39 is 0 Å². The van der Waals surface area contributed by atoms with Gasteiger partial charge in [-0.2, -0.15) is 0 Å². The number of nitrogens with zero attached hydrogens (tertiary/aromatic N) is 4. The van der Waals surface area contributed by atoms with E-state index in [-0.39, 0.29) is 0 Å². The van der Waals surface area contributed by atoms with Crippen molar-refractivity contribution in [3.63, 3.8) is 0 Å². The number of hydrogen-bond donors (Lipinski definition) is 0. The van der Waals surface area contributed by atoms with Crippen LogP contribution in [0.3, 0.4) is 0 Å². The van der Waals surface area contributed by atoms with Crippen LogP contribution in [-0.4, -0.2) is 19.9 Å². The molecule has 0 saturated carbocycles. The zero-order valence-electron chi connectivity index (χ0n) is 24.5. The minimum absolute atomic E-state index is 0.558. The van der Waals surface area contributed by atoms with Crippen molar-refractivity contribution in [1.29, 1.82) is 0 Å². The molecule has 0 atom stereocenters. The molecule has 0 aliphatic rings. The molecular weight excluding hydrogens is 585 g/mol. The van der Waals surface area contributed by atoms with Crippen molar-refractivity contribution in [3.05, 3.63) is 146 Å². The molecule has 0 N–H and O–H groups in total. The second-order valence-electron chi connectivity index (χ2n) is 11.1. The molecular formula is C40H24N4OS. The Labute approximate surface area is 268 Å². The highest BCUT2D eigenvalue weighted by atomic mass is 32.1. The topological polar surface area (TPSA) is 64.7 Å². The van der Waals surface area contributed by atoms with Crippen LogP contribution in [0.15, 0.2) is 150 Å². The molecule has 3 aromatic heterocycles. The first-order chi connectivity index (χ1) is 22.8. The Balaban J connectivity index is 1.32. The summed E-state index contributed by atoms with van der Waals surface area (Å²) in [6.07, 6.45) is 0. The molecule has 3 heterocycles. The fourth-order valence-corrected chi connectivity index (χ4v) is 6.93. The minimum atomic E-state index is 0.558. The summed E-state index contributed by atoms with van der Waals surface area (Å²) in [4.78, 5) is 19.9. The summed E-state index contributed by atoms with van der Waals surface area (Å²) < 4.78 is 8.01. The number of fused-ring (bicyclic) bond motifs is 4. The van der Waals surface area contributed by atoms with E-state index in [1.807, 2.05) is 84.9 Å². The van der Waals surface area contributed by atoms with Crippen LogP contribution in [0.4, 0.5) is 0 Å². The van der Waals surface area contributed by atoms with E-state index in [4.69, 9.17) is 24.4 Å². The number of hydrogen-bond acceptors (Lipinski definition) is 6. The third kappa shape index (κ3) is 4.55. The van der Waals surface area contributed by atoms with Gasteiger partial charge in [0.05, 0.1) is 21.3 Å². The molecule has 0 aliphatic heterocycles. The molecule has 216 valence electrons. The average Bonchev–Trinajstić information content (AvgIpc) is 3.74. The van der Waals surface area contributed by atoms with Gasteiger partial charge in [-0.1, -0.05) is 115 Å². The van der Waals surface area contributed by atoms with Gasteiger partial charge in [0.15, 0.2) is 17.5 Å². The van der Waals surface area contributed by atoms with Gasteiger partial charge in [0.25, 0.3) is 0 Å². The van der Waals surface area contributed by atoms with Crippen LogP contribution in [0.2, 0.25) is 0 Å². The SMILES string of the molecule is c1ccc(-c2cc(-c3nc4ccccc4s3)c3oc4c(-c5nc(-c6ccccc6)nc(-c6ccccc6)n5)cccc4c3c2)cc1. The molecule has 0 unspecified atom stereocenters. The third-order valence-corrected chi connectivity index (χ3v) is 9.24. The second-order valence-corrected chi connectivity index (χ2v) is 12.1. The van der Waals surface area contributed by atoms with Gasteiger partial charge in [0.2, 0.25) is 0 Å². The van der Waals surface area contributed by atoms with Gasteiger partial charge in [0.1, 0.15) is 16.2 Å². The molecule has 0 aliphatic carbocycles. The van der Waals surface area contributed by atoms with Gasteiger partial charge in [-0.05, 0) is 41.5 Å². The zero-order valence-corrected chi connectivity index (χ0v) is 25.3. The number of aromatic nitrogens is 4.